The number of rotatable bonds is 6. The Morgan fingerprint density at radius 3 is 2.54 bits per heavy atom. The molecule has 0 unspecified atom stereocenters. The molecule has 6 heteroatoms. The Kier molecular flexibility index (Phi) is 6.16. The van der Waals surface area contributed by atoms with Crippen molar-refractivity contribution in [2.75, 3.05) is 11.6 Å². The second kappa shape index (κ2) is 9.14. The fourth-order valence-corrected chi connectivity index (χ4v) is 5.80. The SMILES string of the molecule is CCc1nc2ccccc2c(=O)n1N1C[C@H]1C(=O)O[C@@H]1C[C@H](C)CC[C@H]1C(C)(C)c1ccccc1. The number of aromatic nitrogens is 2. The quantitative estimate of drug-likeness (QED) is 0.387. The van der Waals surface area contributed by atoms with E-state index in [9.17, 15) is 9.59 Å². The highest BCUT2D eigenvalue weighted by molar-refractivity contribution is 5.83. The van der Waals surface area contributed by atoms with Crippen LogP contribution in [0.2, 0.25) is 0 Å². The fraction of sp³-hybridized carbons (Fsp3) is 0.483. The molecule has 2 fully saturated rings. The molecule has 1 aliphatic carbocycles. The smallest absolute Gasteiger partial charge is 0.332 e. The van der Waals surface area contributed by atoms with Gasteiger partial charge in [-0.15, -0.1) is 0 Å². The van der Waals surface area contributed by atoms with E-state index in [0.717, 1.165) is 19.3 Å². The monoisotopic (exact) mass is 473 g/mol. The van der Waals surface area contributed by atoms with E-state index in [1.165, 1.54) is 5.56 Å². The Morgan fingerprint density at radius 2 is 1.80 bits per heavy atom. The minimum Gasteiger partial charge on any atom is -0.460 e. The second-order valence-electron chi connectivity index (χ2n) is 10.7. The van der Waals surface area contributed by atoms with Gasteiger partial charge in [0.15, 0.2) is 6.04 Å². The van der Waals surface area contributed by atoms with Crippen LogP contribution in [-0.2, 0) is 21.4 Å². The van der Waals surface area contributed by atoms with E-state index in [4.69, 9.17) is 4.74 Å². The average Bonchev–Trinajstić information content (AvgIpc) is 3.65. The zero-order valence-corrected chi connectivity index (χ0v) is 21.1. The Hall–Kier alpha value is -3.15. The lowest BCUT2D eigenvalue weighted by Gasteiger charge is -2.44. The number of fused-ring (bicyclic) bond motifs is 1. The molecule has 2 aromatic carbocycles. The molecular formula is C29H35N3O3. The van der Waals surface area contributed by atoms with Crippen LogP contribution in [-0.4, -0.2) is 34.3 Å². The van der Waals surface area contributed by atoms with Gasteiger partial charge in [-0.25, -0.2) is 14.5 Å². The third-order valence-corrected chi connectivity index (χ3v) is 8.02. The number of benzene rings is 2. The predicted molar refractivity (Wildman–Crippen MR) is 138 cm³/mol. The van der Waals surface area contributed by atoms with Gasteiger partial charge in [-0.05, 0) is 41.9 Å². The van der Waals surface area contributed by atoms with Crippen molar-refractivity contribution in [1.82, 2.24) is 9.66 Å². The first-order chi connectivity index (χ1) is 16.8. The lowest BCUT2D eigenvalue weighted by atomic mass is 9.64. The lowest BCUT2D eigenvalue weighted by Crippen LogP contribution is -2.44. The molecule has 4 atom stereocenters. The van der Waals surface area contributed by atoms with Gasteiger partial charge >= 0.3 is 5.97 Å². The van der Waals surface area contributed by atoms with E-state index in [1.807, 2.05) is 31.2 Å². The Morgan fingerprint density at radius 1 is 1.09 bits per heavy atom. The molecule has 1 saturated heterocycles. The van der Waals surface area contributed by atoms with E-state index in [1.54, 1.807) is 15.8 Å². The first kappa shape index (κ1) is 23.6. The molecule has 0 amide bonds. The maximum Gasteiger partial charge on any atom is 0.332 e. The number of carbonyl (C=O) groups excluding carboxylic acids is 1. The molecular weight excluding hydrogens is 438 g/mol. The van der Waals surface area contributed by atoms with E-state index in [2.05, 4.69) is 50.0 Å². The molecule has 0 radical (unpaired) electrons. The molecule has 2 heterocycles. The summed E-state index contributed by atoms with van der Waals surface area (Å²) in [6, 6.07) is 17.5. The number of hydrogen-bond acceptors (Lipinski definition) is 5. The summed E-state index contributed by atoms with van der Waals surface area (Å²) in [5.41, 5.74) is 1.73. The molecule has 1 aromatic heterocycles. The van der Waals surface area contributed by atoms with Gasteiger partial charge in [-0.3, -0.25) is 9.80 Å². The van der Waals surface area contributed by atoms with Crippen LogP contribution >= 0.6 is 0 Å². The van der Waals surface area contributed by atoms with Crippen molar-refractivity contribution in [3.8, 4) is 0 Å². The number of ether oxygens (including phenoxy) is 1. The first-order valence-electron chi connectivity index (χ1n) is 12.8. The van der Waals surface area contributed by atoms with Crippen LogP contribution in [0.25, 0.3) is 10.9 Å². The number of hydrogen-bond donors (Lipinski definition) is 0. The van der Waals surface area contributed by atoms with Crippen molar-refractivity contribution in [1.29, 1.82) is 0 Å². The van der Waals surface area contributed by atoms with Crippen LogP contribution in [0.4, 0.5) is 0 Å². The van der Waals surface area contributed by atoms with Gasteiger partial charge in [0.05, 0.1) is 17.4 Å². The topological polar surface area (TPSA) is 64.2 Å². The van der Waals surface area contributed by atoms with Crippen molar-refractivity contribution in [2.45, 2.75) is 70.9 Å². The normalized spacial score (nSPS) is 24.4. The zero-order valence-electron chi connectivity index (χ0n) is 21.1. The van der Waals surface area contributed by atoms with Crippen LogP contribution in [0.1, 0.15) is 58.3 Å². The highest BCUT2D eigenvalue weighted by atomic mass is 16.5. The van der Waals surface area contributed by atoms with Crippen LogP contribution < -0.4 is 10.6 Å². The largest absolute Gasteiger partial charge is 0.460 e. The van der Waals surface area contributed by atoms with Crippen LogP contribution in [0.3, 0.4) is 0 Å². The minimum absolute atomic E-state index is 0.107. The van der Waals surface area contributed by atoms with E-state index < -0.39 is 6.04 Å². The average molecular weight is 474 g/mol. The van der Waals surface area contributed by atoms with Crippen LogP contribution in [0.5, 0.6) is 0 Å². The third kappa shape index (κ3) is 4.35. The summed E-state index contributed by atoms with van der Waals surface area (Å²) >= 11 is 0. The van der Waals surface area contributed by atoms with Crippen molar-refractivity contribution in [3.05, 3.63) is 76.3 Å². The summed E-state index contributed by atoms with van der Waals surface area (Å²) in [5, 5.41) is 2.36. The Balaban J connectivity index is 1.37. The van der Waals surface area contributed by atoms with Gasteiger partial charge in [0.2, 0.25) is 0 Å². The van der Waals surface area contributed by atoms with E-state index in [-0.39, 0.29) is 29.0 Å². The molecule has 5 rings (SSSR count). The standard InChI is InChI=1S/C29H35N3O3/c1-5-26-30-23-14-10-9-13-21(23)27(33)32(26)31-18-24(31)28(34)35-25-17-19(2)15-16-22(25)29(3,4)20-11-7-6-8-12-20/h6-14,19,22,24-25H,5,15-18H2,1-4H3/t19-,22-,24+,25-,31?/m1/s1. The number of esters is 1. The molecule has 1 aliphatic heterocycles. The molecule has 6 nitrogen and oxygen atoms in total. The first-order valence-corrected chi connectivity index (χ1v) is 12.8. The summed E-state index contributed by atoms with van der Waals surface area (Å²) in [5.74, 6) is 1.19. The van der Waals surface area contributed by atoms with Gasteiger partial charge in [-0.1, -0.05) is 76.6 Å². The van der Waals surface area contributed by atoms with Crippen LogP contribution in [0.15, 0.2) is 59.4 Å². The molecule has 0 N–H and O–H groups in total. The third-order valence-electron chi connectivity index (χ3n) is 8.02. The van der Waals surface area contributed by atoms with Gasteiger partial charge in [0.1, 0.15) is 11.9 Å². The summed E-state index contributed by atoms with van der Waals surface area (Å²) in [7, 11) is 0. The van der Waals surface area contributed by atoms with Crippen LogP contribution in [0, 0.1) is 11.8 Å². The van der Waals surface area contributed by atoms with Gasteiger partial charge in [0, 0.05) is 12.3 Å². The lowest BCUT2D eigenvalue weighted by molar-refractivity contribution is -0.155. The number of para-hydroxylation sites is 1. The van der Waals surface area contributed by atoms with Gasteiger partial charge < -0.3 is 4.74 Å². The number of nitrogens with zero attached hydrogens (tertiary/aromatic N) is 3. The number of carbonyl (C=O) groups is 1. The minimum atomic E-state index is -0.446. The summed E-state index contributed by atoms with van der Waals surface area (Å²) in [4.78, 5) is 31.3. The highest BCUT2D eigenvalue weighted by Gasteiger charge is 2.48. The van der Waals surface area contributed by atoms with Crippen molar-refractivity contribution in [2.24, 2.45) is 11.8 Å². The van der Waals surface area contributed by atoms with E-state index >= 15 is 0 Å². The Bertz CT molecular complexity index is 1280. The zero-order chi connectivity index (χ0) is 24.7. The molecule has 184 valence electrons. The fourth-order valence-electron chi connectivity index (χ4n) is 5.80. The second-order valence-corrected chi connectivity index (χ2v) is 10.7. The molecule has 35 heavy (non-hydrogen) atoms. The Labute approximate surface area is 206 Å². The van der Waals surface area contributed by atoms with Gasteiger partial charge in [-0.2, -0.15) is 0 Å². The summed E-state index contributed by atoms with van der Waals surface area (Å²) in [6.07, 6.45) is 3.51. The van der Waals surface area contributed by atoms with Crippen molar-refractivity contribution < 1.29 is 9.53 Å². The summed E-state index contributed by atoms with van der Waals surface area (Å²) in [6.45, 7) is 9.22. The maximum absolute atomic E-state index is 13.3. The molecule has 1 saturated carbocycles. The summed E-state index contributed by atoms with van der Waals surface area (Å²) < 4.78 is 7.83. The maximum atomic E-state index is 13.3. The predicted octanol–water partition coefficient (Wildman–Crippen LogP) is 4.60. The van der Waals surface area contributed by atoms with Gasteiger partial charge in [0.25, 0.3) is 5.56 Å². The molecule has 2 aliphatic rings. The van der Waals surface area contributed by atoms with Crippen molar-refractivity contribution in [3.63, 3.8) is 0 Å². The molecule has 0 bridgehead atoms. The molecule has 0 spiro atoms. The molecule has 3 aromatic rings. The number of aryl methyl sites for hydroxylation is 1. The van der Waals surface area contributed by atoms with E-state index in [0.29, 0.717) is 35.6 Å². The highest BCUT2D eigenvalue weighted by Crippen LogP contribution is 2.44. The van der Waals surface area contributed by atoms with Crippen molar-refractivity contribution >= 4 is 16.9 Å².